The zero-order valence-corrected chi connectivity index (χ0v) is 32.6. The van der Waals surface area contributed by atoms with Crippen molar-refractivity contribution in [2.45, 2.75) is 82.3 Å². The lowest BCUT2D eigenvalue weighted by atomic mass is 9.92. The molecule has 1 aliphatic rings. The van der Waals surface area contributed by atoms with Crippen molar-refractivity contribution in [3.05, 3.63) is 121 Å². The number of hydrogen-bond donors (Lipinski definition) is 2. The molecule has 4 atom stereocenters. The van der Waals surface area contributed by atoms with Crippen LogP contribution in [0.5, 0.6) is 0 Å². The third-order valence-electron chi connectivity index (χ3n) is 9.97. The summed E-state index contributed by atoms with van der Waals surface area (Å²) in [6.07, 6.45) is -0.938. The third kappa shape index (κ3) is 8.04. The number of rotatable bonds is 14. The van der Waals surface area contributed by atoms with Crippen molar-refractivity contribution in [3.63, 3.8) is 0 Å². The standard InChI is InChI=1S/C42H47N5O7Si/c1-5-6-16-25-51-40(50)46-39-33-23-24-35(47(33)45-29-44-39)42(28-43)38(49)37(53-36(48)26-30-17-10-7-11-18-30)34(54-42)27-52-55(41(2,3)4,31-19-12-8-13-20-31)32-21-14-9-15-22-32/h7-15,17-24,29,34,37-38,49H,5-6,16,25-27H2,1-4H3,(H,44,45,46,50)/t34-,37-,38-,42+/m1/s1. The van der Waals surface area contributed by atoms with E-state index in [2.05, 4.69) is 73.4 Å². The van der Waals surface area contributed by atoms with Gasteiger partial charge >= 0.3 is 12.1 Å². The van der Waals surface area contributed by atoms with E-state index in [0.29, 0.717) is 5.52 Å². The molecule has 3 heterocycles. The van der Waals surface area contributed by atoms with Crippen LogP contribution in [0.4, 0.5) is 10.6 Å². The highest BCUT2D eigenvalue weighted by atomic mass is 28.4. The van der Waals surface area contributed by atoms with E-state index in [1.807, 2.05) is 66.7 Å². The summed E-state index contributed by atoms with van der Waals surface area (Å²) < 4.78 is 26.6. The van der Waals surface area contributed by atoms with Crippen LogP contribution in [0.15, 0.2) is 109 Å². The Morgan fingerprint density at radius 2 is 1.60 bits per heavy atom. The normalized spacial score (nSPS) is 19.8. The van der Waals surface area contributed by atoms with Crippen LogP contribution in [0, 0.1) is 11.3 Å². The van der Waals surface area contributed by atoms with Gasteiger partial charge in [-0.25, -0.2) is 14.3 Å². The zero-order chi connectivity index (χ0) is 39.1. The van der Waals surface area contributed by atoms with Gasteiger partial charge in [0.05, 0.1) is 25.3 Å². The van der Waals surface area contributed by atoms with Crippen LogP contribution in [-0.2, 0) is 35.5 Å². The Morgan fingerprint density at radius 1 is 0.964 bits per heavy atom. The highest BCUT2D eigenvalue weighted by molar-refractivity contribution is 6.99. The van der Waals surface area contributed by atoms with Gasteiger partial charge in [0.2, 0.25) is 5.60 Å². The number of carbonyl (C=O) groups excluding carboxylic acids is 2. The molecule has 3 aromatic carbocycles. The first-order chi connectivity index (χ1) is 26.5. The maximum Gasteiger partial charge on any atom is 0.412 e. The molecule has 55 heavy (non-hydrogen) atoms. The molecule has 1 saturated heterocycles. The van der Waals surface area contributed by atoms with Crippen LogP contribution in [0.3, 0.4) is 0 Å². The van der Waals surface area contributed by atoms with Crippen molar-refractivity contribution in [2.24, 2.45) is 0 Å². The summed E-state index contributed by atoms with van der Waals surface area (Å²) in [4.78, 5) is 30.4. The van der Waals surface area contributed by atoms with E-state index in [1.165, 1.54) is 10.8 Å². The minimum absolute atomic E-state index is 0.0588. The Hall–Kier alpha value is -5.39. The lowest BCUT2D eigenvalue weighted by Gasteiger charge is -2.43. The smallest absolute Gasteiger partial charge is 0.412 e. The van der Waals surface area contributed by atoms with Crippen molar-refractivity contribution < 1.29 is 33.3 Å². The largest absolute Gasteiger partial charge is 0.456 e. The van der Waals surface area contributed by atoms with Gasteiger partial charge in [-0.2, -0.15) is 10.4 Å². The first-order valence-electron chi connectivity index (χ1n) is 18.6. The number of nitrogens with one attached hydrogen (secondary N) is 1. The molecule has 6 rings (SSSR count). The molecule has 0 saturated carbocycles. The molecular formula is C42H47N5O7Si. The Balaban J connectivity index is 1.37. The van der Waals surface area contributed by atoms with Gasteiger partial charge in [0, 0.05) is 0 Å². The van der Waals surface area contributed by atoms with E-state index in [-0.39, 0.29) is 31.1 Å². The van der Waals surface area contributed by atoms with Crippen molar-refractivity contribution in [1.29, 1.82) is 5.26 Å². The average molecular weight is 762 g/mol. The number of esters is 1. The van der Waals surface area contributed by atoms with Crippen LogP contribution >= 0.6 is 0 Å². The number of carbonyl (C=O) groups is 2. The minimum Gasteiger partial charge on any atom is -0.456 e. The molecule has 286 valence electrons. The van der Waals surface area contributed by atoms with E-state index >= 15 is 0 Å². The van der Waals surface area contributed by atoms with E-state index < -0.39 is 49.3 Å². The van der Waals surface area contributed by atoms with Gasteiger partial charge in [-0.15, -0.1) is 0 Å². The monoisotopic (exact) mass is 761 g/mol. The molecule has 0 aliphatic carbocycles. The number of ether oxygens (including phenoxy) is 3. The van der Waals surface area contributed by atoms with Gasteiger partial charge in [0.25, 0.3) is 8.32 Å². The predicted octanol–water partition coefficient (Wildman–Crippen LogP) is 5.68. The van der Waals surface area contributed by atoms with Gasteiger partial charge < -0.3 is 23.7 Å². The summed E-state index contributed by atoms with van der Waals surface area (Å²) in [6, 6.07) is 34.6. The summed E-state index contributed by atoms with van der Waals surface area (Å²) >= 11 is 0. The fourth-order valence-corrected chi connectivity index (χ4v) is 11.9. The Bertz CT molecular complexity index is 2060. The molecule has 1 amide bonds. The second-order valence-corrected chi connectivity index (χ2v) is 18.9. The van der Waals surface area contributed by atoms with Gasteiger partial charge in [0.1, 0.15) is 30.1 Å². The minimum atomic E-state index is -3.14. The number of aliphatic hydroxyl groups excluding tert-OH is 1. The predicted molar refractivity (Wildman–Crippen MR) is 209 cm³/mol. The SMILES string of the molecule is CCCCCOC(=O)Nc1ncnn2c([C@]3(C#N)O[C@H](CO[Si](c4ccccc4)(c4ccccc4)C(C)(C)C)[C@@H](OC(=O)Cc4ccccc4)[C@H]3O)ccc12. The average Bonchev–Trinajstić information content (AvgIpc) is 3.74. The van der Waals surface area contributed by atoms with E-state index in [4.69, 9.17) is 18.6 Å². The maximum atomic E-state index is 13.5. The summed E-state index contributed by atoms with van der Waals surface area (Å²) in [5, 5.41) is 31.8. The molecule has 5 aromatic rings. The van der Waals surface area contributed by atoms with Crippen molar-refractivity contribution >= 4 is 42.1 Å². The van der Waals surface area contributed by atoms with Crippen LogP contribution in [-0.4, -0.2) is 71.6 Å². The molecule has 1 fully saturated rings. The molecule has 1 aliphatic heterocycles. The number of amides is 1. The van der Waals surface area contributed by atoms with Gasteiger partial charge in [0.15, 0.2) is 11.9 Å². The number of aromatic nitrogens is 3. The van der Waals surface area contributed by atoms with Crippen LogP contribution in [0.2, 0.25) is 5.04 Å². The fourth-order valence-electron chi connectivity index (χ4n) is 7.33. The molecule has 0 bridgehead atoms. The highest BCUT2D eigenvalue weighted by Crippen LogP contribution is 2.43. The summed E-state index contributed by atoms with van der Waals surface area (Å²) in [5.41, 5.74) is -0.865. The van der Waals surface area contributed by atoms with Gasteiger partial charge in [-0.05, 0) is 39.5 Å². The summed E-state index contributed by atoms with van der Waals surface area (Å²) in [6.45, 7) is 8.61. The van der Waals surface area contributed by atoms with Crippen molar-refractivity contribution in [1.82, 2.24) is 14.6 Å². The molecule has 13 heteroatoms. The first-order valence-corrected chi connectivity index (χ1v) is 20.5. The quantitative estimate of drug-likeness (QED) is 0.0820. The van der Waals surface area contributed by atoms with Crippen LogP contribution in [0.1, 0.15) is 58.2 Å². The fraction of sp³-hybridized carbons (Fsp3) is 0.357. The van der Waals surface area contributed by atoms with E-state index in [0.717, 1.165) is 35.2 Å². The molecule has 0 unspecified atom stereocenters. The lowest BCUT2D eigenvalue weighted by molar-refractivity contribution is -0.155. The Morgan fingerprint density at radius 3 is 2.20 bits per heavy atom. The first kappa shape index (κ1) is 39.3. The van der Waals surface area contributed by atoms with E-state index in [1.54, 1.807) is 12.1 Å². The van der Waals surface area contributed by atoms with Gasteiger partial charge in [-0.1, -0.05) is 132 Å². The molecule has 2 N–H and O–H groups in total. The zero-order valence-electron chi connectivity index (χ0n) is 31.6. The van der Waals surface area contributed by atoms with Crippen LogP contribution < -0.4 is 15.7 Å². The summed E-state index contributed by atoms with van der Waals surface area (Å²) in [5.74, 6) is -0.464. The molecule has 12 nitrogen and oxygen atoms in total. The third-order valence-corrected chi connectivity index (χ3v) is 15.0. The molecule has 2 aromatic heterocycles. The maximum absolute atomic E-state index is 13.5. The van der Waals surface area contributed by atoms with Gasteiger partial charge in [-0.3, -0.25) is 10.1 Å². The topological polar surface area (TPSA) is 157 Å². The number of nitrogens with zero attached hydrogens (tertiary/aromatic N) is 4. The summed E-state index contributed by atoms with van der Waals surface area (Å²) in [7, 11) is -3.14. The number of unbranched alkanes of at least 4 members (excludes halogenated alkanes) is 2. The number of fused-ring (bicyclic) bond motifs is 1. The number of anilines is 1. The number of benzene rings is 3. The molecule has 0 spiro atoms. The van der Waals surface area contributed by atoms with Crippen molar-refractivity contribution in [2.75, 3.05) is 18.5 Å². The van der Waals surface area contributed by atoms with Crippen molar-refractivity contribution in [3.8, 4) is 6.07 Å². The second kappa shape index (κ2) is 17.0. The van der Waals surface area contributed by atoms with Crippen LogP contribution in [0.25, 0.3) is 5.52 Å². The number of aliphatic hydroxyl groups is 1. The number of hydrogen-bond acceptors (Lipinski definition) is 10. The number of nitriles is 1. The molecule has 0 radical (unpaired) electrons. The Labute approximate surface area is 322 Å². The van der Waals surface area contributed by atoms with E-state index in [9.17, 15) is 20.0 Å². The highest BCUT2D eigenvalue weighted by Gasteiger charge is 2.61. The molecular weight excluding hydrogens is 715 g/mol. The Kier molecular flexibility index (Phi) is 12.1. The second-order valence-electron chi connectivity index (χ2n) is 14.6. The lowest BCUT2D eigenvalue weighted by Crippen LogP contribution is -2.67.